The van der Waals surface area contributed by atoms with Gasteiger partial charge in [-0.25, -0.2) is 13.4 Å². The van der Waals surface area contributed by atoms with Crippen LogP contribution in [-0.4, -0.2) is 41.5 Å². The van der Waals surface area contributed by atoms with Crippen molar-refractivity contribution in [3.8, 4) is 0 Å². The number of aromatic amines is 1. The molecular formula is C19H17F2N3O4S. The maximum atomic E-state index is 12.7. The lowest BCUT2D eigenvalue weighted by Gasteiger charge is -2.20. The van der Waals surface area contributed by atoms with Crippen molar-refractivity contribution >= 4 is 26.6 Å². The lowest BCUT2D eigenvalue weighted by molar-refractivity contribution is 0.0748. The van der Waals surface area contributed by atoms with Crippen molar-refractivity contribution in [2.45, 2.75) is 24.1 Å². The van der Waals surface area contributed by atoms with Crippen LogP contribution in [0, 0.1) is 0 Å². The van der Waals surface area contributed by atoms with Crippen molar-refractivity contribution in [3.05, 3.63) is 70.3 Å². The topological polar surface area (TPSA) is 100 Å². The molecule has 0 aliphatic heterocycles. The number of alkyl halides is 2. The maximum absolute atomic E-state index is 12.7. The molecule has 0 unspecified atom stereocenters. The molecule has 0 atom stereocenters. The van der Waals surface area contributed by atoms with Crippen LogP contribution in [0.3, 0.4) is 0 Å². The normalized spacial score (nSPS) is 11.7. The van der Waals surface area contributed by atoms with Gasteiger partial charge in [0.1, 0.15) is 5.82 Å². The summed E-state index contributed by atoms with van der Waals surface area (Å²) in [4.78, 5) is 32.7. The number of hydrogen-bond donors (Lipinski definition) is 1. The number of fused-ring (bicyclic) bond motifs is 1. The molecule has 7 nitrogen and oxygen atoms in total. The zero-order valence-electron chi connectivity index (χ0n) is 15.3. The highest BCUT2D eigenvalue weighted by atomic mass is 32.2. The van der Waals surface area contributed by atoms with Crippen molar-refractivity contribution in [1.82, 2.24) is 14.9 Å². The Bertz CT molecular complexity index is 1210. The lowest BCUT2D eigenvalue weighted by atomic mass is 10.2. The van der Waals surface area contributed by atoms with Gasteiger partial charge in [-0.1, -0.05) is 12.1 Å². The highest BCUT2D eigenvalue weighted by Crippen LogP contribution is 2.19. The van der Waals surface area contributed by atoms with Crippen LogP contribution in [0.15, 0.2) is 58.2 Å². The van der Waals surface area contributed by atoms with E-state index in [4.69, 9.17) is 0 Å². The van der Waals surface area contributed by atoms with Gasteiger partial charge in [0.05, 0.1) is 22.3 Å². The Balaban J connectivity index is 1.85. The Kier molecular flexibility index (Phi) is 5.73. The maximum Gasteiger partial charge on any atom is 0.341 e. The molecule has 1 aromatic heterocycles. The van der Waals surface area contributed by atoms with E-state index >= 15 is 0 Å². The van der Waals surface area contributed by atoms with E-state index in [1.807, 2.05) is 0 Å². The van der Waals surface area contributed by atoms with Gasteiger partial charge in [-0.3, -0.25) is 9.59 Å². The molecule has 0 saturated heterocycles. The number of aromatic nitrogens is 2. The van der Waals surface area contributed by atoms with Crippen LogP contribution >= 0.6 is 0 Å². The summed E-state index contributed by atoms with van der Waals surface area (Å²) in [6, 6.07) is 11.1. The van der Waals surface area contributed by atoms with Gasteiger partial charge in [0.15, 0.2) is 0 Å². The van der Waals surface area contributed by atoms with Crippen LogP contribution in [0.2, 0.25) is 0 Å². The summed E-state index contributed by atoms with van der Waals surface area (Å²) in [6.45, 7) is 2.03. The zero-order chi connectivity index (χ0) is 21.2. The van der Waals surface area contributed by atoms with E-state index < -0.39 is 26.4 Å². The third-order valence-electron chi connectivity index (χ3n) is 4.34. The predicted octanol–water partition coefficient (Wildman–Crippen LogP) is 2.58. The number of nitrogens with one attached hydrogen (secondary N) is 1. The number of amides is 1. The van der Waals surface area contributed by atoms with Crippen LogP contribution in [0.5, 0.6) is 0 Å². The summed E-state index contributed by atoms with van der Waals surface area (Å²) < 4.78 is 48.2. The number of nitrogens with zero attached hydrogens (tertiary/aromatic N) is 2. The van der Waals surface area contributed by atoms with E-state index in [0.717, 1.165) is 12.1 Å². The summed E-state index contributed by atoms with van der Waals surface area (Å²) in [7, 11) is -4.73. The average molecular weight is 421 g/mol. The summed E-state index contributed by atoms with van der Waals surface area (Å²) in [5.74, 6) is -3.70. The van der Waals surface area contributed by atoms with E-state index in [2.05, 4.69) is 9.97 Å². The third kappa shape index (κ3) is 4.16. The van der Waals surface area contributed by atoms with Crippen molar-refractivity contribution < 1.29 is 22.0 Å². The monoisotopic (exact) mass is 421 g/mol. The smallest absolute Gasteiger partial charge is 0.331 e. The van der Waals surface area contributed by atoms with Gasteiger partial charge in [0.25, 0.3) is 11.5 Å². The summed E-state index contributed by atoms with van der Waals surface area (Å²) in [5, 5.41) is 0.432. The molecule has 3 rings (SSSR count). The Morgan fingerprint density at radius 1 is 1.14 bits per heavy atom. The first kappa shape index (κ1) is 20.6. The number of halogens is 2. The van der Waals surface area contributed by atoms with Gasteiger partial charge < -0.3 is 9.88 Å². The number of para-hydroxylation sites is 1. The minimum Gasteiger partial charge on any atom is -0.331 e. The molecule has 0 saturated carbocycles. The average Bonchev–Trinajstić information content (AvgIpc) is 2.71. The number of hydrogen-bond acceptors (Lipinski definition) is 5. The van der Waals surface area contributed by atoms with Crippen molar-refractivity contribution in [2.24, 2.45) is 0 Å². The molecule has 0 fully saturated rings. The highest BCUT2D eigenvalue weighted by Gasteiger charge is 2.27. The fourth-order valence-electron chi connectivity index (χ4n) is 2.79. The molecule has 3 aromatic rings. The van der Waals surface area contributed by atoms with Gasteiger partial charge in [-0.05, 0) is 43.3 Å². The molecule has 0 spiro atoms. The molecular weight excluding hydrogens is 404 g/mol. The molecule has 1 heterocycles. The van der Waals surface area contributed by atoms with E-state index in [9.17, 15) is 26.8 Å². The lowest BCUT2D eigenvalue weighted by Crippen LogP contribution is -2.32. The summed E-state index contributed by atoms with van der Waals surface area (Å²) in [6.07, 6.45) is 0. The Morgan fingerprint density at radius 2 is 1.79 bits per heavy atom. The largest absolute Gasteiger partial charge is 0.341 e. The fourth-order valence-corrected chi connectivity index (χ4v) is 3.51. The van der Waals surface area contributed by atoms with Crippen LogP contribution in [0.25, 0.3) is 10.9 Å². The summed E-state index contributed by atoms with van der Waals surface area (Å²) >= 11 is 0. The zero-order valence-corrected chi connectivity index (χ0v) is 16.1. The first-order valence-electron chi connectivity index (χ1n) is 8.63. The Hall–Kier alpha value is -3.14. The number of H-pyrrole nitrogens is 1. The highest BCUT2D eigenvalue weighted by molar-refractivity contribution is 7.91. The van der Waals surface area contributed by atoms with Gasteiger partial charge in [-0.2, -0.15) is 8.78 Å². The second-order valence-corrected chi connectivity index (χ2v) is 8.10. The van der Waals surface area contributed by atoms with Gasteiger partial charge in [0, 0.05) is 12.1 Å². The Labute approximate surface area is 164 Å². The van der Waals surface area contributed by atoms with E-state index in [1.165, 1.54) is 17.0 Å². The van der Waals surface area contributed by atoms with Crippen LogP contribution in [0.4, 0.5) is 8.78 Å². The molecule has 2 aromatic carbocycles. The summed E-state index contributed by atoms with van der Waals surface area (Å²) in [5.41, 5.74) is 0.301. The molecule has 1 N–H and O–H groups in total. The van der Waals surface area contributed by atoms with Crippen molar-refractivity contribution in [1.29, 1.82) is 0 Å². The molecule has 0 aliphatic carbocycles. The second-order valence-electron chi connectivity index (χ2n) is 6.18. The van der Waals surface area contributed by atoms with Gasteiger partial charge in [-0.15, -0.1) is 0 Å². The molecule has 0 bridgehead atoms. The number of rotatable bonds is 6. The molecule has 0 radical (unpaired) electrons. The first-order chi connectivity index (χ1) is 13.7. The molecule has 152 valence electrons. The molecule has 10 heteroatoms. The van der Waals surface area contributed by atoms with Crippen LogP contribution < -0.4 is 5.56 Å². The number of carbonyl (C=O) groups is 1. The number of benzene rings is 2. The quantitative estimate of drug-likeness (QED) is 0.659. The molecule has 29 heavy (non-hydrogen) atoms. The first-order valence-corrected chi connectivity index (χ1v) is 10.2. The Morgan fingerprint density at radius 3 is 2.41 bits per heavy atom. The van der Waals surface area contributed by atoms with Crippen molar-refractivity contribution in [3.63, 3.8) is 0 Å². The minimum absolute atomic E-state index is 0.0203. The van der Waals surface area contributed by atoms with Crippen LogP contribution in [0.1, 0.15) is 23.1 Å². The van der Waals surface area contributed by atoms with Gasteiger partial charge in [0.2, 0.25) is 9.84 Å². The van der Waals surface area contributed by atoms with E-state index in [-0.39, 0.29) is 24.2 Å². The fraction of sp³-hybridized carbons (Fsp3) is 0.211. The molecule has 0 aliphatic rings. The third-order valence-corrected chi connectivity index (χ3v) is 5.73. The second kappa shape index (κ2) is 8.08. The van der Waals surface area contributed by atoms with Crippen LogP contribution in [-0.2, 0) is 16.4 Å². The predicted molar refractivity (Wildman–Crippen MR) is 102 cm³/mol. The number of carbonyl (C=O) groups excluding carboxylic acids is 1. The van der Waals surface area contributed by atoms with Crippen molar-refractivity contribution in [2.75, 3.05) is 6.54 Å². The SMILES string of the molecule is CCN(Cc1nc2ccccc2c(=O)[nH]1)C(=O)c1ccc(S(=O)(=O)C(F)F)cc1. The standard InChI is InChI=1S/C19H17F2N3O4S/c1-2-24(11-16-22-15-6-4-3-5-14(15)17(25)23-16)18(26)12-7-9-13(10-8-12)29(27,28)19(20)21/h3-10,19H,2,11H2,1H3,(H,22,23,25). The molecule has 1 amide bonds. The minimum atomic E-state index is -4.73. The number of sulfone groups is 1. The van der Waals surface area contributed by atoms with Gasteiger partial charge >= 0.3 is 5.76 Å². The van der Waals surface area contributed by atoms with E-state index in [1.54, 1.807) is 31.2 Å². The van der Waals surface area contributed by atoms with E-state index in [0.29, 0.717) is 16.7 Å².